The fraction of sp³-hybridized carbons (Fsp3) is 0. The van der Waals surface area contributed by atoms with Crippen molar-refractivity contribution in [2.45, 2.75) is 0 Å². The van der Waals surface area contributed by atoms with Gasteiger partial charge in [0.15, 0.2) is 0 Å². The van der Waals surface area contributed by atoms with E-state index < -0.39 is 17.4 Å². The van der Waals surface area contributed by atoms with Crippen molar-refractivity contribution in [1.82, 2.24) is 9.78 Å². The van der Waals surface area contributed by atoms with Crippen LogP contribution in [0.25, 0.3) is 5.69 Å². The summed E-state index contributed by atoms with van der Waals surface area (Å²) in [5.74, 6) is -0.773. The van der Waals surface area contributed by atoms with E-state index in [1.165, 1.54) is 24.3 Å². The molecule has 0 saturated carbocycles. The lowest BCUT2D eigenvalue weighted by Gasteiger charge is -2.09. The van der Waals surface area contributed by atoms with Crippen LogP contribution < -0.4 is 16.2 Å². The first kappa shape index (κ1) is 20.7. The first-order valence-electron chi connectivity index (χ1n) is 8.10. The number of carbonyl (C=O) groups is 2. The molecule has 0 radical (unpaired) electrons. The van der Waals surface area contributed by atoms with Gasteiger partial charge in [0.25, 0.3) is 11.5 Å². The maximum Gasteiger partial charge on any atom is 0.273 e. The summed E-state index contributed by atoms with van der Waals surface area (Å²) < 4.78 is 1.09. The molecule has 148 valence electrons. The average Bonchev–Trinajstić information content (AvgIpc) is 3.00. The van der Waals surface area contributed by atoms with Gasteiger partial charge in [-0.2, -0.15) is 0 Å². The monoisotopic (exact) mass is 450 g/mol. The zero-order valence-corrected chi connectivity index (χ0v) is 16.9. The van der Waals surface area contributed by atoms with Crippen LogP contribution in [0.2, 0.25) is 15.1 Å². The van der Waals surface area contributed by atoms with E-state index in [0.717, 1.165) is 10.8 Å². The van der Waals surface area contributed by atoms with Crippen molar-refractivity contribution >= 4 is 58.1 Å². The van der Waals surface area contributed by atoms with Gasteiger partial charge in [-0.1, -0.05) is 47.4 Å². The predicted octanol–water partition coefficient (Wildman–Crippen LogP) is 4.50. The molecule has 0 aliphatic carbocycles. The van der Waals surface area contributed by atoms with E-state index in [1.54, 1.807) is 18.2 Å². The Kier molecular flexibility index (Phi) is 6.12. The van der Waals surface area contributed by atoms with E-state index >= 15 is 0 Å². The second-order valence-corrected chi connectivity index (χ2v) is 7.04. The van der Waals surface area contributed by atoms with Crippen molar-refractivity contribution in [2.75, 3.05) is 10.6 Å². The van der Waals surface area contributed by atoms with Crippen LogP contribution in [0.4, 0.5) is 11.5 Å². The minimum Gasteiger partial charge on any atom is -0.323 e. The molecule has 3 aromatic rings. The fourth-order valence-corrected chi connectivity index (χ4v) is 3.49. The van der Waals surface area contributed by atoms with Crippen LogP contribution in [0.5, 0.6) is 0 Å². The molecule has 10 heteroatoms. The third-order valence-electron chi connectivity index (χ3n) is 3.75. The maximum absolute atomic E-state index is 12.5. The van der Waals surface area contributed by atoms with Crippen molar-refractivity contribution in [3.8, 4) is 5.69 Å². The second kappa shape index (κ2) is 8.57. The number of anilines is 2. The molecule has 2 amide bonds. The standard InChI is InChI=1S/C19H13Cl3N4O3/c1-2-16(27)23-12-5-3-4-10(6-12)19(29)24-15-9-17(28)26(25-15)18-13(21)7-11(20)8-14(18)22/h2-9,25H,1H2,(H,23,27)(H,24,29). The third-order valence-corrected chi connectivity index (χ3v) is 4.55. The molecule has 0 bridgehead atoms. The van der Waals surface area contributed by atoms with Gasteiger partial charge in [0.05, 0.1) is 10.0 Å². The number of aromatic nitrogens is 2. The van der Waals surface area contributed by atoms with E-state index in [1.807, 2.05) is 0 Å². The lowest BCUT2D eigenvalue weighted by molar-refractivity contribution is -0.111. The van der Waals surface area contributed by atoms with Crippen LogP contribution in [0, 0.1) is 0 Å². The summed E-state index contributed by atoms with van der Waals surface area (Å²) in [6.07, 6.45) is 1.12. The molecule has 29 heavy (non-hydrogen) atoms. The SMILES string of the molecule is C=CC(=O)Nc1cccc(C(=O)Nc2cc(=O)n(-c3c(Cl)cc(Cl)cc3Cl)[nH]2)c1. The molecular formula is C19H13Cl3N4O3. The van der Waals surface area contributed by atoms with E-state index in [4.69, 9.17) is 34.8 Å². The highest BCUT2D eigenvalue weighted by atomic mass is 35.5. The Labute approximate surface area is 179 Å². The highest BCUT2D eigenvalue weighted by molar-refractivity contribution is 6.40. The highest BCUT2D eigenvalue weighted by Gasteiger charge is 2.15. The van der Waals surface area contributed by atoms with Crippen LogP contribution in [0.1, 0.15) is 10.4 Å². The van der Waals surface area contributed by atoms with Gasteiger partial charge >= 0.3 is 0 Å². The number of carbonyl (C=O) groups excluding carboxylic acids is 2. The molecule has 0 aliphatic rings. The Morgan fingerprint density at radius 2 is 1.72 bits per heavy atom. The van der Waals surface area contributed by atoms with Gasteiger partial charge in [-0.15, -0.1) is 0 Å². The molecular weight excluding hydrogens is 439 g/mol. The zero-order valence-electron chi connectivity index (χ0n) is 14.6. The Bertz CT molecular complexity index is 1160. The first-order chi connectivity index (χ1) is 13.8. The van der Waals surface area contributed by atoms with Gasteiger partial charge in [-0.05, 0) is 36.4 Å². The van der Waals surface area contributed by atoms with Crippen LogP contribution in [0.15, 0.2) is 59.9 Å². The van der Waals surface area contributed by atoms with Gasteiger partial charge in [-0.25, -0.2) is 4.68 Å². The first-order valence-corrected chi connectivity index (χ1v) is 9.23. The summed E-state index contributed by atoms with van der Waals surface area (Å²) in [6.45, 7) is 3.37. The van der Waals surface area contributed by atoms with Crippen LogP contribution in [-0.4, -0.2) is 21.6 Å². The number of halogens is 3. The minimum atomic E-state index is -0.499. The van der Waals surface area contributed by atoms with E-state index in [0.29, 0.717) is 10.7 Å². The third kappa shape index (κ3) is 4.71. The number of benzene rings is 2. The largest absolute Gasteiger partial charge is 0.323 e. The number of H-pyrrole nitrogens is 1. The van der Waals surface area contributed by atoms with Crippen molar-refractivity contribution < 1.29 is 9.59 Å². The number of aromatic amines is 1. The topological polar surface area (TPSA) is 96.0 Å². The van der Waals surface area contributed by atoms with Crippen LogP contribution in [0.3, 0.4) is 0 Å². The Balaban J connectivity index is 1.86. The number of nitrogens with zero attached hydrogens (tertiary/aromatic N) is 1. The molecule has 0 fully saturated rings. The summed E-state index contributed by atoms with van der Waals surface area (Å²) in [7, 11) is 0. The van der Waals surface area contributed by atoms with E-state index in [-0.39, 0.29) is 27.1 Å². The van der Waals surface area contributed by atoms with Gasteiger partial charge in [0.1, 0.15) is 11.5 Å². The molecule has 0 spiro atoms. The number of rotatable bonds is 5. The number of hydrogen-bond donors (Lipinski definition) is 3. The van der Waals surface area contributed by atoms with Crippen molar-refractivity contribution in [1.29, 1.82) is 0 Å². The van der Waals surface area contributed by atoms with Crippen LogP contribution in [-0.2, 0) is 4.79 Å². The second-order valence-electron chi connectivity index (χ2n) is 5.79. The highest BCUT2D eigenvalue weighted by Crippen LogP contribution is 2.31. The quantitative estimate of drug-likeness (QED) is 0.498. The smallest absolute Gasteiger partial charge is 0.273 e. The van der Waals surface area contributed by atoms with Crippen molar-refractivity contribution in [2.24, 2.45) is 0 Å². The summed E-state index contributed by atoms with van der Waals surface area (Å²) in [6, 6.07) is 10.3. The van der Waals surface area contributed by atoms with Crippen molar-refractivity contribution in [3.05, 3.63) is 86.1 Å². The fourth-order valence-electron chi connectivity index (χ4n) is 2.50. The van der Waals surface area contributed by atoms with E-state index in [9.17, 15) is 14.4 Å². The van der Waals surface area contributed by atoms with Gasteiger partial charge < -0.3 is 10.6 Å². The Morgan fingerprint density at radius 1 is 1.03 bits per heavy atom. The van der Waals surface area contributed by atoms with Gasteiger partial charge in [0, 0.05) is 22.3 Å². The molecule has 3 rings (SSSR count). The number of hydrogen-bond acceptors (Lipinski definition) is 3. The molecule has 1 heterocycles. The van der Waals surface area contributed by atoms with Crippen LogP contribution >= 0.6 is 34.8 Å². The summed E-state index contributed by atoms with van der Waals surface area (Å²) in [5.41, 5.74) is 0.409. The average molecular weight is 452 g/mol. The Morgan fingerprint density at radius 3 is 2.38 bits per heavy atom. The van der Waals surface area contributed by atoms with Gasteiger partial charge in [0.2, 0.25) is 5.91 Å². The molecule has 0 saturated heterocycles. The predicted molar refractivity (Wildman–Crippen MR) is 115 cm³/mol. The molecule has 2 aromatic carbocycles. The molecule has 0 unspecified atom stereocenters. The molecule has 3 N–H and O–H groups in total. The molecule has 0 atom stereocenters. The van der Waals surface area contributed by atoms with Gasteiger partial charge in [-0.3, -0.25) is 19.5 Å². The lowest BCUT2D eigenvalue weighted by atomic mass is 10.2. The Hall–Kier alpha value is -3.00. The molecule has 7 nitrogen and oxygen atoms in total. The molecule has 1 aromatic heterocycles. The molecule has 0 aliphatic heterocycles. The number of amides is 2. The number of nitrogens with one attached hydrogen (secondary N) is 3. The summed E-state index contributed by atoms with van der Waals surface area (Å²) >= 11 is 18.2. The van der Waals surface area contributed by atoms with E-state index in [2.05, 4.69) is 22.3 Å². The summed E-state index contributed by atoms with van der Waals surface area (Å²) in [5, 5.41) is 8.51. The normalized spacial score (nSPS) is 10.4. The minimum absolute atomic E-state index is 0.127. The zero-order chi connectivity index (χ0) is 21.1. The maximum atomic E-state index is 12.5. The summed E-state index contributed by atoms with van der Waals surface area (Å²) in [4.78, 5) is 36.2. The lowest BCUT2D eigenvalue weighted by Crippen LogP contribution is -2.15. The van der Waals surface area contributed by atoms with Crippen molar-refractivity contribution in [3.63, 3.8) is 0 Å².